The van der Waals surface area contributed by atoms with Crippen molar-refractivity contribution in [1.29, 1.82) is 0 Å². The third kappa shape index (κ3) is 4.18. The monoisotopic (exact) mass is 361 g/mol. The normalized spacial score (nSPS) is 23.8. The molecule has 26 heavy (non-hydrogen) atoms. The fourth-order valence-corrected chi connectivity index (χ4v) is 4.01. The number of carboxylic acid groups (broad SMARTS) is 1. The molecule has 0 aliphatic carbocycles. The van der Waals surface area contributed by atoms with Crippen molar-refractivity contribution in [2.24, 2.45) is 11.8 Å². The number of nitrogens with zero attached hydrogens (tertiary/aromatic N) is 1. The van der Waals surface area contributed by atoms with Gasteiger partial charge < -0.3 is 19.5 Å². The number of aliphatic carboxylic acids is 1. The first-order valence-electron chi connectivity index (χ1n) is 9.28. The molecule has 0 saturated carbocycles. The molecule has 2 saturated heterocycles. The van der Waals surface area contributed by atoms with Crippen LogP contribution in [0.25, 0.3) is 0 Å². The van der Waals surface area contributed by atoms with Crippen LogP contribution in [0, 0.1) is 25.7 Å². The lowest BCUT2D eigenvalue weighted by Crippen LogP contribution is -2.44. The van der Waals surface area contributed by atoms with Crippen molar-refractivity contribution in [3.63, 3.8) is 0 Å². The van der Waals surface area contributed by atoms with Gasteiger partial charge in [-0.15, -0.1) is 0 Å². The highest BCUT2D eigenvalue weighted by atomic mass is 16.5. The van der Waals surface area contributed by atoms with E-state index in [-0.39, 0.29) is 24.5 Å². The van der Waals surface area contributed by atoms with E-state index in [2.05, 4.69) is 0 Å². The zero-order valence-corrected chi connectivity index (χ0v) is 15.4. The van der Waals surface area contributed by atoms with E-state index in [1.54, 1.807) is 0 Å². The van der Waals surface area contributed by atoms with Gasteiger partial charge in [-0.1, -0.05) is 17.7 Å². The van der Waals surface area contributed by atoms with E-state index in [9.17, 15) is 14.7 Å². The van der Waals surface area contributed by atoms with E-state index in [0.717, 1.165) is 29.7 Å². The largest absolute Gasteiger partial charge is 0.484 e. The van der Waals surface area contributed by atoms with Crippen molar-refractivity contribution in [3.05, 3.63) is 29.3 Å². The summed E-state index contributed by atoms with van der Waals surface area (Å²) in [6.45, 7) is 5.81. The summed E-state index contributed by atoms with van der Waals surface area (Å²) < 4.78 is 11.4. The number of carbonyl (C=O) groups excluding carboxylic acids is 1. The summed E-state index contributed by atoms with van der Waals surface area (Å²) in [5.41, 5.74) is 2.19. The second-order valence-corrected chi connectivity index (χ2v) is 7.34. The third-order valence-electron chi connectivity index (χ3n) is 5.49. The molecule has 142 valence electrons. The van der Waals surface area contributed by atoms with E-state index >= 15 is 0 Å². The Kier molecular flexibility index (Phi) is 5.81. The van der Waals surface area contributed by atoms with Crippen LogP contribution in [0.5, 0.6) is 5.75 Å². The maximum Gasteiger partial charge on any atom is 0.309 e. The standard InChI is InChI=1S/C20H27NO5/c1-13-3-4-17(14(2)11-13)26-12-18(22)21-8-5-15(6-9-21)19-16(20(23)24)7-10-25-19/h3-4,11,15-16,19H,5-10,12H2,1-2H3,(H,23,24)/t16?,19-/m0/s1. The van der Waals surface area contributed by atoms with Gasteiger partial charge in [-0.25, -0.2) is 0 Å². The van der Waals surface area contributed by atoms with E-state index in [0.29, 0.717) is 26.1 Å². The third-order valence-corrected chi connectivity index (χ3v) is 5.49. The lowest BCUT2D eigenvalue weighted by Gasteiger charge is -2.35. The molecule has 1 N–H and O–H groups in total. The number of likely N-dealkylation sites (tertiary alicyclic amines) is 1. The topological polar surface area (TPSA) is 76.1 Å². The first kappa shape index (κ1) is 18.7. The molecule has 2 heterocycles. The second-order valence-electron chi connectivity index (χ2n) is 7.34. The molecular formula is C20H27NO5. The molecule has 2 fully saturated rings. The smallest absolute Gasteiger partial charge is 0.309 e. The van der Waals surface area contributed by atoms with Gasteiger partial charge in [0.05, 0.1) is 12.0 Å². The summed E-state index contributed by atoms with van der Waals surface area (Å²) >= 11 is 0. The number of hydrogen-bond donors (Lipinski definition) is 1. The second kappa shape index (κ2) is 8.08. The highest BCUT2D eigenvalue weighted by Crippen LogP contribution is 2.33. The first-order valence-corrected chi connectivity index (χ1v) is 9.28. The van der Waals surface area contributed by atoms with Gasteiger partial charge in [0.1, 0.15) is 5.75 Å². The van der Waals surface area contributed by atoms with Gasteiger partial charge in [0.25, 0.3) is 5.91 Å². The minimum atomic E-state index is -0.770. The maximum atomic E-state index is 12.4. The van der Waals surface area contributed by atoms with Crippen LogP contribution in [-0.2, 0) is 14.3 Å². The number of benzene rings is 1. The van der Waals surface area contributed by atoms with Crippen LogP contribution in [0.2, 0.25) is 0 Å². The van der Waals surface area contributed by atoms with E-state index in [1.165, 1.54) is 0 Å². The van der Waals surface area contributed by atoms with Gasteiger partial charge in [-0.2, -0.15) is 0 Å². The Bertz CT molecular complexity index is 666. The Morgan fingerprint density at radius 2 is 1.96 bits per heavy atom. The molecule has 1 unspecified atom stereocenters. The first-order chi connectivity index (χ1) is 12.5. The Hall–Kier alpha value is -2.08. The maximum absolute atomic E-state index is 12.4. The summed E-state index contributed by atoms with van der Waals surface area (Å²) in [7, 11) is 0. The Morgan fingerprint density at radius 1 is 1.23 bits per heavy atom. The number of piperidine rings is 1. The predicted molar refractivity (Wildman–Crippen MR) is 96.2 cm³/mol. The zero-order chi connectivity index (χ0) is 18.7. The highest BCUT2D eigenvalue weighted by Gasteiger charge is 2.40. The van der Waals surface area contributed by atoms with Crippen molar-refractivity contribution >= 4 is 11.9 Å². The van der Waals surface area contributed by atoms with Crippen molar-refractivity contribution in [3.8, 4) is 5.75 Å². The van der Waals surface area contributed by atoms with Crippen LogP contribution in [-0.4, -0.2) is 54.3 Å². The molecule has 0 aromatic heterocycles. The van der Waals surface area contributed by atoms with Crippen LogP contribution in [0.4, 0.5) is 0 Å². The molecule has 2 aliphatic heterocycles. The van der Waals surface area contributed by atoms with Crippen molar-refractivity contribution in [2.45, 2.75) is 39.2 Å². The quantitative estimate of drug-likeness (QED) is 0.872. The number of carboxylic acids is 1. The number of ether oxygens (including phenoxy) is 2. The molecule has 2 aliphatic rings. The molecule has 1 aromatic rings. The predicted octanol–water partition coefficient (Wildman–Crippen LogP) is 2.41. The summed E-state index contributed by atoms with van der Waals surface area (Å²) in [5.74, 6) is -0.251. The number of hydrogen-bond acceptors (Lipinski definition) is 4. The van der Waals surface area contributed by atoms with Gasteiger partial charge in [0, 0.05) is 19.7 Å². The number of amides is 1. The van der Waals surface area contributed by atoms with Crippen LogP contribution < -0.4 is 4.74 Å². The molecule has 2 atom stereocenters. The Labute approximate surface area is 154 Å². The number of carbonyl (C=O) groups is 2. The van der Waals surface area contributed by atoms with Crippen LogP contribution in [0.15, 0.2) is 18.2 Å². The summed E-state index contributed by atoms with van der Waals surface area (Å²) in [6, 6.07) is 5.90. The molecule has 0 spiro atoms. The minimum absolute atomic E-state index is 0.0226. The average Bonchev–Trinajstić information content (AvgIpc) is 3.11. The molecule has 3 rings (SSSR count). The Morgan fingerprint density at radius 3 is 2.62 bits per heavy atom. The molecule has 1 amide bonds. The van der Waals surface area contributed by atoms with E-state index < -0.39 is 11.9 Å². The van der Waals surface area contributed by atoms with Crippen LogP contribution >= 0.6 is 0 Å². The van der Waals surface area contributed by atoms with Gasteiger partial charge >= 0.3 is 5.97 Å². The van der Waals surface area contributed by atoms with Gasteiger partial charge in [-0.05, 0) is 50.7 Å². The van der Waals surface area contributed by atoms with Crippen LogP contribution in [0.1, 0.15) is 30.4 Å². The fraction of sp³-hybridized carbons (Fsp3) is 0.600. The average molecular weight is 361 g/mol. The SMILES string of the molecule is Cc1ccc(OCC(=O)N2CCC([C@@H]3OCCC3C(=O)O)CC2)c(C)c1. The molecule has 0 radical (unpaired) electrons. The minimum Gasteiger partial charge on any atom is -0.484 e. The molecule has 1 aromatic carbocycles. The molecule has 6 heteroatoms. The summed E-state index contributed by atoms with van der Waals surface area (Å²) in [5, 5.41) is 9.31. The van der Waals surface area contributed by atoms with Crippen LogP contribution in [0.3, 0.4) is 0 Å². The molecule has 0 bridgehead atoms. The molecule has 6 nitrogen and oxygen atoms in total. The van der Waals surface area contributed by atoms with Gasteiger partial charge in [0.2, 0.25) is 0 Å². The van der Waals surface area contributed by atoms with E-state index in [4.69, 9.17) is 9.47 Å². The number of rotatable bonds is 5. The summed E-state index contributed by atoms with van der Waals surface area (Å²) in [6.07, 6.45) is 1.94. The molecular weight excluding hydrogens is 334 g/mol. The summed E-state index contributed by atoms with van der Waals surface area (Å²) in [4.78, 5) is 25.6. The number of aryl methyl sites for hydroxylation is 2. The Balaban J connectivity index is 1.48. The van der Waals surface area contributed by atoms with E-state index in [1.807, 2.05) is 36.9 Å². The lowest BCUT2D eigenvalue weighted by molar-refractivity contribution is -0.146. The van der Waals surface area contributed by atoms with Gasteiger partial charge in [-0.3, -0.25) is 9.59 Å². The van der Waals surface area contributed by atoms with Crippen molar-refractivity contribution in [2.75, 3.05) is 26.3 Å². The van der Waals surface area contributed by atoms with Gasteiger partial charge in [0.15, 0.2) is 6.61 Å². The van der Waals surface area contributed by atoms with Crippen molar-refractivity contribution in [1.82, 2.24) is 4.90 Å². The fourth-order valence-electron chi connectivity index (χ4n) is 4.01. The zero-order valence-electron chi connectivity index (χ0n) is 15.4. The van der Waals surface area contributed by atoms with Crippen molar-refractivity contribution < 1.29 is 24.2 Å². The highest BCUT2D eigenvalue weighted by molar-refractivity contribution is 5.78. The lowest BCUT2D eigenvalue weighted by atomic mass is 9.84.